The highest BCUT2D eigenvalue weighted by Crippen LogP contribution is 2.23. The number of rotatable bonds is 5. The van der Waals surface area contributed by atoms with Crippen LogP contribution in [0.3, 0.4) is 0 Å². The fraction of sp³-hybridized carbons (Fsp3) is 0.381. The normalized spacial score (nSPS) is 13.5. The van der Waals surface area contributed by atoms with Gasteiger partial charge in [-0.15, -0.1) is 24.8 Å². The minimum absolute atomic E-state index is 0. The van der Waals surface area contributed by atoms with Gasteiger partial charge in [0.2, 0.25) is 5.95 Å². The van der Waals surface area contributed by atoms with Crippen LogP contribution in [0.4, 0.5) is 15.1 Å². The molecule has 176 valence electrons. The second-order valence-corrected chi connectivity index (χ2v) is 7.12. The van der Waals surface area contributed by atoms with E-state index in [1.807, 2.05) is 13.0 Å². The Kier molecular flexibility index (Phi) is 10.6. The second-order valence-electron chi connectivity index (χ2n) is 7.12. The fourth-order valence-corrected chi connectivity index (χ4v) is 3.62. The number of imidazole rings is 1. The van der Waals surface area contributed by atoms with Crippen LogP contribution in [-0.4, -0.2) is 56.7 Å². The number of nitrogens with zero attached hydrogens (tertiary/aromatic N) is 4. The van der Waals surface area contributed by atoms with Crippen molar-refractivity contribution < 1.29 is 19.4 Å². The molecule has 1 aliphatic heterocycles. The lowest BCUT2D eigenvalue weighted by Crippen LogP contribution is -2.42. The van der Waals surface area contributed by atoms with Gasteiger partial charge in [0.15, 0.2) is 0 Å². The Morgan fingerprint density at radius 1 is 1.19 bits per heavy atom. The van der Waals surface area contributed by atoms with Crippen molar-refractivity contribution in [3.05, 3.63) is 54.1 Å². The summed E-state index contributed by atoms with van der Waals surface area (Å²) in [5.41, 5.74) is 2.76. The molecular weight excluding hydrogens is 460 g/mol. The highest BCUT2D eigenvalue weighted by molar-refractivity contribution is 5.85. The molecule has 0 aliphatic carbocycles. The molecule has 2 aromatic heterocycles. The van der Waals surface area contributed by atoms with Gasteiger partial charge >= 0.3 is 6.09 Å². The predicted molar refractivity (Wildman–Crippen MR) is 126 cm³/mol. The first-order chi connectivity index (χ1) is 14.1. The van der Waals surface area contributed by atoms with E-state index in [1.165, 1.54) is 12.1 Å². The smallest absolute Gasteiger partial charge is 0.409 e. The Labute approximate surface area is 198 Å². The summed E-state index contributed by atoms with van der Waals surface area (Å²) >= 11 is 0. The van der Waals surface area contributed by atoms with E-state index >= 15 is 0 Å². The molecule has 0 saturated carbocycles. The van der Waals surface area contributed by atoms with Crippen LogP contribution in [0.15, 0.2) is 42.7 Å². The van der Waals surface area contributed by atoms with Crippen LogP contribution in [0, 0.1) is 5.82 Å². The number of piperidine rings is 1. The third kappa shape index (κ3) is 6.21. The predicted octanol–water partition coefficient (Wildman–Crippen LogP) is 3.67. The maximum Gasteiger partial charge on any atom is 0.409 e. The zero-order valence-electron chi connectivity index (χ0n) is 17.7. The van der Waals surface area contributed by atoms with Crippen LogP contribution >= 0.6 is 24.8 Å². The lowest BCUT2D eigenvalue weighted by atomic mass is 10.1. The lowest BCUT2D eigenvalue weighted by molar-refractivity contribution is 0.0983. The van der Waals surface area contributed by atoms with Crippen molar-refractivity contribution in [1.29, 1.82) is 0 Å². The molecule has 3 N–H and O–H groups in total. The van der Waals surface area contributed by atoms with Gasteiger partial charge in [0.25, 0.3) is 0 Å². The SMILES string of the molecule is CCOC(=O)N1CCC(Nc2nc3ccncc3n2Cc2ccc(F)cc2)CC1.Cl.Cl.O. The molecule has 0 spiro atoms. The minimum Gasteiger partial charge on any atom is -0.450 e. The molecule has 11 heteroatoms. The van der Waals surface area contributed by atoms with Crippen LogP contribution in [-0.2, 0) is 11.3 Å². The summed E-state index contributed by atoms with van der Waals surface area (Å²) in [6, 6.07) is 8.57. The van der Waals surface area contributed by atoms with Crippen molar-refractivity contribution in [1.82, 2.24) is 19.4 Å². The van der Waals surface area contributed by atoms with Crippen molar-refractivity contribution in [2.75, 3.05) is 25.0 Å². The summed E-state index contributed by atoms with van der Waals surface area (Å²) in [5.74, 6) is 0.504. The molecule has 1 aromatic carbocycles. The summed E-state index contributed by atoms with van der Waals surface area (Å²) in [6.45, 7) is 4.06. The van der Waals surface area contributed by atoms with Gasteiger partial charge in [0.1, 0.15) is 5.82 Å². The number of nitrogens with one attached hydrogen (secondary N) is 1. The lowest BCUT2D eigenvalue weighted by Gasteiger charge is -2.31. The monoisotopic (exact) mass is 487 g/mol. The van der Waals surface area contributed by atoms with E-state index in [4.69, 9.17) is 9.72 Å². The van der Waals surface area contributed by atoms with Crippen LogP contribution < -0.4 is 5.32 Å². The average molecular weight is 488 g/mol. The highest BCUT2D eigenvalue weighted by Gasteiger charge is 2.25. The summed E-state index contributed by atoms with van der Waals surface area (Å²) in [6.07, 6.45) is 4.90. The third-order valence-corrected chi connectivity index (χ3v) is 5.16. The number of halogens is 3. The largest absolute Gasteiger partial charge is 0.450 e. The minimum atomic E-state index is -0.252. The number of pyridine rings is 1. The quantitative estimate of drug-likeness (QED) is 0.590. The second kappa shape index (κ2) is 12.4. The number of amides is 1. The number of carbonyl (C=O) groups excluding carboxylic acids is 1. The number of ether oxygens (including phenoxy) is 1. The van der Waals surface area contributed by atoms with Crippen molar-refractivity contribution in [3.63, 3.8) is 0 Å². The number of anilines is 1. The van der Waals surface area contributed by atoms with Crippen molar-refractivity contribution in [2.24, 2.45) is 0 Å². The van der Waals surface area contributed by atoms with Gasteiger partial charge in [-0.05, 0) is 43.5 Å². The van der Waals surface area contributed by atoms with E-state index < -0.39 is 0 Å². The standard InChI is InChI=1S/C21H24FN5O2.2ClH.H2O/c1-2-29-21(28)26-11-8-17(9-12-26)24-20-25-18-7-10-23-13-19(18)27(20)14-15-3-5-16(22)6-4-15;;;/h3-7,10,13,17H,2,8-9,11-12,14H2,1H3,(H,24,25);2*1H;1H2. The topological polar surface area (TPSA) is 104 Å². The molecule has 32 heavy (non-hydrogen) atoms. The van der Waals surface area contributed by atoms with Crippen molar-refractivity contribution in [2.45, 2.75) is 32.4 Å². The zero-order chi connectivity index (χ0) is 20.2. The van der Waals surface area contributed by atoms with Crippen LogP contribution in [0.5, 0.6) is 0 Å². The van der Waals surface area contributed by atoms with E-state index in [0.717, 1.165) is 35.4 Å². The molecule has 1 fully saturated rings. The first kappa shape index (κ1) is 27.4. The number of carbonyl (C=O) groups is 1. The number of hydrogen-bond acceptors (Lipinski definition) is 5. The molecule has 0 bridgehead atoms. The summed E-state index contributed by atoms with van der Waals surface area (Å²) < 4.78 is 20.4. The summed E-state index contributed by atoms with van der Waals surface area (Å²) in [4.78, 5) is 22.6. The van der Waals surface area contributed by atoms with Gasteiger partial charge in [-0.25, -0.2) is 14.2 Å². The van der Waals surface area contributed by atoms with E-state index in [2.05, 4.69) is 14.9 Å². The molecule has 8 nitrogen and oxygen atoms in total. The number of aromatic nitrogens is 3. The molecule has 0 radical (unpaired) electrons. The zero-order valence-corrected chi connectivity index (χ0v) is 19.3. The Morgan fingerprint density at radius 3 is 2.53 bits per heavy atom. The Balaban J connectivity index is 0.00000171. The highest BCUT2D eigenvalue weighted by atomic mass is 35.5. The molecule has 1 amide bonds. The van der Waals surface area contributed by atoms with Gasteiger partial charge in [-0.1, -0.05) is 12.1 Å². The number of likely N-dealkylation sites (tertiary alicyclic amines) is 1. The van der Waals surface area contributed by atoms with Gasteiger partial charge in [0.05, 0.1) is 30.4 Å². The van der Waals surface area contributed by atoms with E-state index in [9.17, 15) is 9.18 Å². The van der Waals surface area contributed by atoms with E-state index in [0.29, 0.717) is 26.2 Å². The maximum absolute atomic E-state index is 13.3. The molecule has 0 atom stereocenters. The molecule has 3 heterocycles. The van der Waals surface area contributed by atoms with E-state index in [-0.39, 0.29) is 48.2 Å². The van der Waals surface area contributed by atoms with E-state index in [1.54, 1.807) is 29.4 Å². The first-order valence-corrected chi connectivity index (χ1v) is 9.87. The first-order valence-electron chi connectivity index (χ1n) is 9.87. The molecule has 1 aliphatic rings. The van der Waals surface area contributed by atoms with Gasteiger partial charge in [-0.2, -0.15) is 0 Å². The Morgan fingerprint density at radius 2 is 1.88 bits per heavy atom. The van der Waals surface area contributed by atoms with Gasteiger partial charge < -0.3 is 25.0 Å². The molecule has 1 saturated heterocycles. The van der Waals surface area contributed by atoms with Crippen LogP contribution in [0.1, 0.15) is 25.3 Å². The number of hydrogen-bond donors (Lipinski definition) is 1. The van der Waals surface area contributed by atoms with Gasteiger partial charge in [-0.3, -0.25) is 4.98 Å². The molecule has 3 aromatic rings. The molecule has 0 unspecified atom stereocenters. The van der Waals surface area contributed by atoms with Crippen molar-refractivity contribution in [3.8, 4) is 0 Å². The summed E-state index contributed by atoms with van der Waals surface area (Å²) in [7, 11) is 0. The fourth-order valence-electron chi connectivity index (χ4n) is 3.62. The van der Waals surface area contributed by atoms with Crippen molar-refractivity contribution >= 4 is 47.9 Å². The number of fused-ring (bicyclic) bond motifs is 1. The van der Waals surface area contributed by atoms with Gasteiger partial charge in [0, 0.05) is 25.3 Å². The Hall–Kier alpha value is -2.62. The maximum atomic E-state index is 13.3. The molecular formula is C21H28Cl2FN5O3. The van der Waals surface area contributed by atoms with Crippen LogP contribution in [0.25, 0.3) is 11.0 Å². The molecule has 4 rings (SSSR count). The number of benzene rings is 1. The summed E-state index contributed by atoms with van der Waals surface area (Å²) in [5, 5.41) is 3.53. The average Bonchev–Trinajstić information content (AvgIpc) is 3.07. The third-order valence-electron chi connectivity index (χ3n) is 5.16. The Bertz CT molecular complexity index is 995. The van der Waals surface area contributed by atoms with Crippen LogP contribution in [0.2, 0.25) is 0 Å².